The number of carbonyl (C=O) groups excluding carboxylic acids is 1. The van der Waals surface area contributed by atoms with Crippen LogP contribution in [0.3, 0.4) is 0 Å². The van der Waals surface area contributed by atoms with Crippen molar-refractivity contribution >= 4 is 28.5 Å². The zero-order chi connectivity index (χ0) is 19.4. The summed E-state index contributed by atoms with van der Waals surface area (Å²) in [5, 5.41) is 8.22. The van der Waals surface area contributed by atoms with Gasteiger partial charge < -0.3 is 10.5 Å². The number of rotatable bonds is 8. The van der Waals surface area contributed by atoms with Gasteiger partial charge in [0.05, 0.1) is 34.1 Å². The van der Waals surface area contributed by atoms with Crippen LogP contribution in [0.2, 0.25) is 5.15 Å². The van der Waals surface area contributed by atoms with Crippen LogP contribution in [-0.4, -0.2) is 38.8 Å². The molecule has 1 aromatic heterocycles. The fourth-order valence-corrected chi connectivity index (χ4v) is 2.97. The van der Waals surface area contributed by atoms with Gasteiger partial charge in [-0.05, 0) is 32.4 Å². The molecule has 142 valence electrons. The van der Waals surface area contributed by atoms with Crippen molar-refractivity contribution in [3.8, 4) is 0 Å². The Morgan fingerprint density at radius 3 is 2.44 bits per heavy atom. The number of primary amides is 1. The van der Waals surface area contributed by atoms with Gasteiger partial charge in [-0.3, -0.25) is 4.79 Å². The topological polar surface area (TPSA) is 107 Å². The third kappa shape index (κ3) is 6.29. The summed E-state index contributed by atoms with van der Waals surface area (Å²) < 4.78 is 20.4. The smallest absolute Gasteiger partial charge is 0.223 e. The quantitative estimate of drug-likeness (QED) is 0.705. The summed E-state index contributed by atoms with van der Waals surface area (Å²) in [6.45, 7) is 9.34. The predicted octanol–water partition coefficient (Wildman–Crippen LogP) is 1.92. The first-order valence-corrected chi connectivity index (χ1v) is 9.40. The molecule has 1 heterocycles. The van der Waals surface area contributed by atoms with Crippen LogP contribution in [-0.2, 0) is 26.9 Å². The second-order valence-corrected chi connectivity index (χ2v) is 9.89. The average molecular weight is 391 g/mol. The maximum Gasteiger partial charge on any atom is 0.223 e. The van der Waals surface area contributed by atoms with Crippen molar-refractivity contribution in [1.29, 1.82) is 0 Å². The lowest BCUT2D eigenvalue weighted by molar-refractivity contribution is -0.125. The van der Waals surface area contributed by atoms with Crippen molar-refractivity contribution in [2.24, 2.45) is 11.1 Å². The average Bonchev–Trinajstić information content (AvgIpc) is 2.47. The van der Waals surface area contributed by atoms with Gasteiger partial charge in [-0.1, -0.05) is 25.4 Å². The Balaban J connectivity index is 3.27. The number of aromatic nitrogens is 2. The highest BCUT2D eigenvalue weighted by atomic mass is 35.5. The number of hydrogen-bond donors (Lipinski definition) is 2. The lowest BCUT2D eigenvalue weighted by Gasteiger charge is -2.27. The molecule has 0 saturated carbocycles. The Kier molecular flexibility index (Phi) is 7.49. The van der Waals surface area contributed by atoms with Gasteiger partial charge in [-0.15, -0.1) is 5.10 Å². The molecule has 25 heavy (non-hydrogen) atoms. The molecule has 0 radical (unpaired) electrons. The van der Waals surface area contributed by atoms with E-state index in [1.807, 2.05) is 20.8 Å². The Morgan fingerprint density at radius 2 is 1.96 bits per heavy atom. The Morgan fingerprint density at radius 1 is 1.36 bits per heavy atom. The van der Waals surface area contributed by atoms with Crippen LogP contribution in [0.5, 0.6) is 0 Å². The lowest BCUT2D eigenvalue weighted by Crippen LogP contribution is -2.38. The molecule has 3 N–H and O–H groups in total. The van der Waals surface area contributed by atoms with Gasteiger partial charge in [0.1, 0.15) is 0 Å². The van der Waals surface area contributed by atoms with E-state index < -0.39 is 33.1 Å². The third-order valence-electron chi connectivity index (χ3n) is 3.66. The van der Waals surface area contributed by atoms with Crippen LogP contribution in [0.1, 0.15) is 51.9 Å². The normalized spacial score (nSPS) is 15.0. The molecule has 0 aliphatic heterocycles. The molecule has 2 atom stereocenters. The van der Waals surface area contributed by atoms with E-state index in [9.17, 15) is 9.00 Å². The zero-order valence-electron chi connectivity index (χ0n) is 15.6. The van der Waals surface area contributed by atoms with Crippen molar-refractivity contribution in [2.45, 2.75) is 51.8 Å². The van der Waals surface area contributed by atoms with Gasteiger partial charge in [0.2, 0.25) is 5.91 Å². The summed E-state index contributed by atoms with van der Waals surface area (Å²) in [5.41, 5.74) is 5.91. The number of nitrogens with zero attached hydrogens (tertiary/aromatic N) is 2. The van der Waals surface area contributed by atoms with Crippen LogP contribution < -0.4 is 10.5 Å². The summed E-state index contributed by atoms with van der Waals surface area (Å²) >= 11 is 6.01. The number of halogens is 1. The molecule has 7 nitrogen and oxygen atoms in total. The monoisotopic (exact) mass is 390 g/mol. The minimum Gasteiger partial charge on any atom is -0.383 e. The first-order chi connectivity index (χ1) is 11.4. The minimum atomic E-state index is -1.33. The molecular weight excluding hydrogens is 364 g/mol. The van der Waals surface area contributed by atoms with Crippen molar-refractivity contribution in [3.05, 3.63) is 22.5 Å². The van der Waals surface area contributed by atoms with Crippen molar-refractivity contribution < 1.29 is 13.7 Å². The third-order valence-corrected chi connectivity index (χ3v) is 5.46. The van der Waals surface area contributed by atoms with E-state index in [-0.39, 0.29) is 18.2 Å². The number of hydrogen-bond acceptors (Lipinski definition) is 5. The predicted molar refractivity (Wildman–Crippen MR) is 99.4 cm³/mol. The molecule has 1 rings (SSSR count). The first-order valence-electron chi connectivity index (χ1n) is 7.87. The van der Waals surface area contributed by atoms with Crippen LogP contribution in [0.15, 0.2) is 6.07 Å². The van der Waals surface area contributed by atoms with Gasteiger partial charge in [-0.25, -0.2) is 8.93 Å². The summed E-state index contributed by atoms with van der Waals surface area (Å²) in [7, 11) is 0.224. The highest BCUT2D eigenvalue weighted by Crippen LogP contribution is 2.27. The van der Waals surface area contributed by atoms with Crippen molar-refractivity contribution in [2.75, 3.05) is 13.7 Å². The fourth-order valence-electron chi connectivity index (χ4n) is 2.01. The molecule has 0 bridgehead atoms. The van der Waals surface area contributed by atoms with Crippen LogP contribution in [0.4, 0.5) is 0 Å². The SMILES string of the molecule is COC[C@@H](NS(=O)C(C)(C)C)c1cc(Cl)nnc1CC(C)(C)C(N)=O. The van der Waals surface area contributed by atoms with E-state index in [1.165, 1.54) is 0 Å². The first kappa shape index (κ1) is 22.0. The molecule has 1 unspecified atom stereocenters. The number of ether oxygens (including phenoxy) is 1. The second kappa shape index (κ2) is 8.53. The van der Waals surface area contributed by atoms with Crippen molar-refractivity contribution in [3.63, 3.8) is 0 Å². The molecule has 0 saturated heterocycles. The Labute approximate surface area is 156 Å². The molecule has 0 fully saturated rings. The Bertz CT molecular complexity index is 647. The summed E-state index contributed by atoms with van der Waals surface area (Å²) in [5.74, 6) is -0.440. The highest BCUT2D eigenvalue weighted by Gasteiger charge is 2.31. The van der Waals surface area contributed by atoms with E-state index in [0.717, 1.165) is 0 Å². The molecule has 1 amide bonds. The van der Waals surface area contributed by atoms with E-state index in [0.29, 0.717) is 11.3 Å². The zero-order valence-corrected chi connectivity index (χ0v) is 17.1. The molecule has 9 heteroatoms. The number of amides is 1. The fraction of sp³-hybridized carbons (Fsp3) is 0.688. The van der Waals surface area contributed by atoms with Crippen LogP contribution in [0, 0.1) is 5.41 Å². The molecule has 0 aliphatic carbocycles. The minimum absolute atomic E-state index is 0.208. The molecule has 0 spiro atoms. The number of carbonyl (C=O) groups is 1. The van der Waals surface area contributed by atoms with E-state index in [4.69, 9.17) is 22.1 Å². The van der Waals surface area contributed by atoms with Gasteiger partial charge >= 0.3 is 0 Å². The molecule has 0 aromatic carbocycles. The van der Waals surface area contributed by atoms with E-state index >= 15 is 0 Å². The van der Waals surface area contributed by atoms with Crippen LogP contribution >= 0.6 is 11.6 Å². The highest BCUT2D eigenvalue weighted by molar-refractivity contribution is 7.84. The van der Waals surface area contributed by atoms with Crippen LogP contribution in [0.25, 0.3) is 0 Å². The largest absolute Gasteiger partial charge is 0.383 e. The van der Waals surface area contributed by atoms with E-state index in [2.05, 4.69) is 14.9 Å². The van der Waals surface area contributed by atoms with Gasteiger partial charge in [0.25, 0.3) is 0 Å². The van der Waals surface area contributed by atoms with Gasteiger partial charge in [0.15, 0.2) is 5.15 Å². The summed E-state index contributed by atoms with van der Waals surface area (Å²) in [6, 6.07) is 1.23. The Hall–Kier alpha value is -1.09. The number of nitrogens with one attached hydrogen (secondary N) is 1. The lowest BCUT2D eigenvalue weighted by atomic mass is 9.85. The maximum atomic E-state index is 12.5. The standard InChI is InChI=1S/C16H27ClN4O3S/c1-15(2,3)25(23)21-12(9-24-6)10-7-13(17)20-19-11(10)8-16(4,5)14(18)22/h7,12,21H,8-9H2,1-6H3,(H2,18,22)/t12-,25?/m1/s1. The van der Waals surface area contributed by atoms with Gasteiger partial charge in [-0.2, -0.15) is 5.10 Å². The number of methoxy groups -OCH3 is 1. The van der Waals surface area contributed by atoms with Crippen molar-refractivity contribution in [1.82, 2.24) is 14.9 Å². The maximum absolute atomic E-state index is 12.5. The van der Waals surface area contributed by atoms with Gasteiger partial charge in [0, 0.05) is 18.9 Å². The summed E-state index contributed by atoms with van der Waals surface area (Å²) in [4.78, 5) is 11.7. The molecular formula is C16H27ClN4O3S. The molecule has 0 aliphatic rings. The van der Waals surface area contributed by atoms with E-state index in [1.54, 1.807) is 27.0 Å². The summed E-state index contributed by atoms with van der Waals surface area (Å²) in [6.07, 6.45) is 0.284. The second-order valence-electron chi connectivity index (χ2n) is 7.50. The molecule has 1 aromatic rings. The number of nitrogens with two attached hydrogens (primary N) is 1.